The number of thiocarbonyl (C=S) groups is 1. The summed E-state index contributed by atoms with van der Waals surface area (Å²) in [6.45, 7) is 2.52. The van der Waals surface area contributed by atoms with Crippen LogP contribution in [-0.4, -0.2) is 29.9 Å². The number of methoxy groups -OCH3 is 1. The Morgan fingerprint density at radius 3 is 2.61 bits per heavy atom. The Kier molecular flexibility index (Phi) is 8.02. The predicted molar refractivity (Wildman–Crippen MR) is 145 cm³/mol. The molecule has 1 aliphatic rings. The largest absolute Gasteiger partial charge is 0.493 e. The van der Waals surface area contributed by atoms with Crippen molar-refractivity contribution < 1.29 is 23.5 Å². The molecule has 1 saturated heterocycles. The third kappa shape index (κ3) is 5.58. The molecule has 1 N–H and O–H groups in total. The number of hydrogen-bond donors (Lipinski definition) is 1. The van der Waals surface area contributed by atoms with Crippen molar-refractivity contribution in [2.24, 2.45) is 0 Å². The molecule has 6 nitrogen and oxygen atoms in total. The minimum atomic E-state index is -0.393. The number of anilines is 2. The van der Waals surface area contributed by atoms with Crippen LogP contribution in [0, 0.1) is 5.82 Å². The van der Waals surface area contributed by atoms with Crippen molar-refractivity contribution in [2.45, 2.75) is 13.3 Å². The lowest BCUT2D eigenvalue weighted by Crippen LogP contribution is -2.27. The molecular weight excluding hydrogens is 499 g/mol. The second-order valence-corrected chi connectivity index (χ2v) is 9.43. The highest BCUT2D eigenvalue weighted by atomic mass is 32.2. The van der Waals surface area contributed by atoms with Gasteiger partial charge in [0.1, 0.15) is 5.82 Å². The molecule has 0 saturated carbocycles. The van der Waals surface area contributed by atoms with Crippen LogP contribution >= 0.6 is 24.0 Å². The molecule has 0 spiro atoms. The van der Waals surface area contributed by atoms with Crippen LogP contribution < -0.4 is 19.7 Å². The highest BCUT2D eigenvalue weighted by Gasteiger charge is 2.34. The van der Waals surface area contributed by atoms with Crippen LogP contribution in [0.1, 0.15) is 29.3 Å². The van der Waals surface area contributed by atoms with Gasteiger partial charge in [-0.3, -0.25) is 14.5 Å². The lowest BCUT2D eigenvalue weighted by atomic mass is 10.1. The average molecular weight is 523 g/mol. The summed E-state index contributed by atoms with van der Waals surface area (Å²) in [7, 11) is 1.57. The number of rotatable bonds is 8. The molecule has 2 amide bonds. The van der Waals surface area contributed by atoms with Crippen molar-refractivity contribution in [3.05, 3.63) is 88.6 Å². The highest BCUT2D eigenvalue weighted by Crippen LogP contribution is 2.39. The topological polar surface area (TPSA) is 67.9 Å². The maximum absolute atomic E-state index is 13.3. The van der Waals surface area contributed by atoms with Crippen LogP contribution in [-0.2, 0) is 4.79 Å². The Morgan fingerprint density at radius 2 is 1.89 bits per heavy atom. The number of thioether (sulfide) groups is 1. The number of carbonyl (C=O) groups is 2. The third-order valence-corrected chi connectivity index (χ3v) is 6.53. The fourth-order valence-electron chi connectivity index (χ4n) is 3.52. The Labute approximate surface area is 218 Å². The molecule has 1 aliphatic heterocycles. The van der Waals surface area contributed by atoms with Gasteiger partial charge in [0, 0.05) is 16.8 Å². The van der Waals surface area contributed by atoms with Gasteiger partial charge in [-0.05, 0) is 61.0 Å². The third-order valence-electron chi connectivity index (χ3n) is 5.23. The molecule has 3 aromatic rings. The quantitative estimate of drug-likeness (QED) is 0.277. The van der Waals surface area contributed by atoms with Crippen LogP contribution in [0.2, 0.25) is 0 Å². The molecule has 0 radical (unpaired) electrons. The van der Waals surface area contributed by atoms with Gasteiger partial charge in [0.05, 0.1) is 24.3 Å². The first-order valence-corrected chi connectivity index (χ1v) is 12.4. The van der Waals surface area contributed by atoms with Gasteiger partial charge in [0.15, 0.2) is 15.8 Å². The van der Waals surface area contributed by atoms with E-state index in [-0.39, 0.29) is 5.91 Å². The van der Waals surface area contributed by atoms with Gasteiger partial charge in [-0.1, -0.05) is 49.1 Å². The number of halogens is 1. The molecule has 0 aromatic heterocycles. The molecular formula is C27H23FN2O4S2. The van der Waals surface area contributed by atoms with E-state index in [1.807, 2.05) is 19.1 Å². The Hall–Kier alpha value is -3.69. The van der Waals surface area contributed by atoms with E-state index < -0.39 is 11.7 Å². The number of carbonyl (C=O) groups excluding carboxylic acids is 2. The van der Waals surface area contributed by atoms with Crippen molar-refractivity contribution in [3.63, 3.8) is 0 Å². The van der Waals surface area contributed by atoms with Gasteiger partial charge < -0.3 is 14.8 Å². The molecule has 1 heterocycles. The lowest BCUT2D eigenvalue weighted by molar-refractivity contribution is -0.113. The maximum atomic E-state index is 13.3. The Bertz CT molecular complexity index is 1340. The van der Waals surface area contributed by atoms with E-state index in [2.05, 4.69) is 5.32 Å². The fraction of sp³-hybridized carbons (Fsp3) is 0.148. The first-order chi connectivity index (χ1) is 17.4. The van der Waals surface area contributed by atoms with Gasteiger partial charge in [-0.15, -0.1) is 0 Å². The van der Waals surface area contributed by atoms with E-state index in [1.54, 1.807) is 43.5 Å². The summed E-state index contributed by atoms with van der Waals surface area (Å²) in [5, 5.41) is 2.72. The lowest BCUT2D eigenvalue weighted by Gasteiger charge is -2.16. The summed E-state index contributed by atoms with van der Waals surface area (Å²) in [4.78, 5) is 27.9. The van der Waals surface area contributed by atoms with Crippen LogP contribution in [0.5, 0.6) is 11.5 Å². The van der Waals surface area contributed by atoms with Crippen molar-refractivity contribution in [1.29, 1.82) is 0 Å². The zero-order valence-electron chi connectivity index (χ0n) is 19.6. The van der Waals surface area contributed by atoms with Crippen LogP contribution in [0.4, 0.5) is 15.8 Å². The van der Waals surface area contributed by atoms with Gasteiger partial charge >= 0.3 is 0 Å². The van der Waals surface area contributed by atoms with E-state index >= 15 is 0 Å². The highest BCUT2D eigenvalue weighted by molar-refractivity contribution is 8.27. The van der Waals surface area contributed by atoms with Crippen LogP contribution in [0.25, 0.3) is 6.08 Å². The number of amides is 2. The molecule has 0 atom stereocenters. The molecule has 0 unspecified atom stereocenters. The second-order valence-electron chi connectivity index (χ2n) is 7.76. The standard InChI is InChI=1S/C27H23FN2O4S2/c1-3-14-34-24-17(6-5-9-22(24)33-2)16-23-26(32)30(27(35)36-23)21-8-4-7-18(15-21)25(31)29-20-12-10-19(28)11-13-20/h4-13,15-16H,3,14H2,1-2H3,(H,29,31)/b23-16+. The molecule has 1 fully saturated rings. The molecule has 36 heavy (non-hydrogen) atoms. The number of hydrogen-bond acceptors (Lipinski definition) is 6. The van der Waals surface area contributed by atoms with Crippen molar-refractivity contribution >= 4 is 57.6 Å². The Balaban J connectivity index is 1.59. The van der Waals surface area contributed by atoms with E-state index in [4.69, 9.17) is 21.7 Å². The van der Waals surface area contributed by atoms with Gasteiger partial charge in [0.2, 0.25) is 0 Å². The number of nitrogens with one attached hydrogen (secondary N) is 1. The normalized spacial score (nSPS) is 14.3. The minimum absolute atomic E-state index is 0.301. The first-order valence-electron chi connectivity index (χ1n) is 11.2. The van der Waals surface area contributed by atoms with Crippen LogP contribution in [0.3, 0.4) is 0 Å². The number of ether oxygens (including phenoxy) is 2. The molecule has 184 valence electrons. The second kappa shape index (κ2) is 11.4. The van der Waals surface area contributed by atoms with Gasteiger partial charge in [-0.2, -0.15) is 0 Å². The van der Waals surface area contributed by atoms with Crippen LogP contribution in [0.15, 0.2) is 71.6 Å². The predicted octanol–water partition coefficient (Wildman–Crippen LogP) is 6.28. The van der Waals surface area contributed by atoms with Crippen molar-refractivity contribution in [3.8, 4) is 11.5 Å². The average Bonchev–Trinajstić information content (AvgIpc) is 3.16. The maximum Gasteiger partial charge on any atom is 0.270 e. The molecule has 0 aliphatic carbocycles. The zero-order valence-corrected chi connectivity index (χ0v) is 21.3. The van der Waals surface area contributed by atoms with Crippen molar-refractivity contribution in [2.75, 3.05) is 23.9 Å². The van der Waals surface area contributed by atoms with Gasteiger partial charge in [-0.25, -0.2) is 4.39 Å². The fourth-order valence-corrected chi connectivity index (χ4v) is 4.81. The van der Waals surface area contributed by atoms with E-state index in [0.29, 0.717) is 49.8 Å². The van der Waals surface area contributed by atoms with Gasteiger partial charge in [0.25, 0.3) is 11.8 Å². The smallest absolute Gasteiger partial charge is 0.270 e. The van der Waals surface area contributed by atoms with Crippen molar-refractivity contribution in [1.82, 2.24) is 0 Å². The summed E-state index contributed by atoms with van der Waals surface area (Å²) >= 11 is 6.68. The monoisotopic (exact) mass is 522 g/mol. The summed E-state index contributed by atoms with van der Waals surface area (Å²) in [6, 6.07) is 17.6. The van der Waals surface area contributed by atoms with E-state index in [0.717, 1.165) is 6.42 Å². The summed E-state index contributed by atoms with van der Waals surface area (Å²) in [5.41, 5.74) is 1.97. The number of nitrogens with zero attached hydrogens (tertiary/aromatic N) is 1. The Morgan fingerprint density at radius 1 is 1.14 bits per heavy atom. The zero-order chi connectivity index (χ0) is 25.7. The molecule has 9 heteroatoms. The summed E-state index contributed by atoms with van der Waals surface area (Å²) in [6.07, 6.45) is 2.56. The molecule has 4 rings (SSSR count). The van der Waals surface area contributed by atoms with E-state index in [9.17, 15) is 14.0 Å². The first kappa shape index (κ1) is 25.4. The van der Waals surface area contributed by atoms with E-state index in [1.165, 1.54) is 40.9 Å². The summed E-state index contributed by atoms with van der Waals surface area (Å²) < 4.78 is 24.8. The number of para-hydroxylation sites is 1. The molecule has 3 aromatic carbocycles. The molecule has 0 bridgehead atoms. The summed E-state index contributed by atoms with van der Waals surface area (Å²) in [5.74, 6) is 0.0541. The SMILES string of the molecule is CCCOc1c(/C=C2/SC(=S)N(c3cccc(C(=O)Nc4ccc(F)cc4)c3)C2=O)cccc1OC. The number of benzene rings is 3. The minimum Gasteiger partial charge on any atom is -0.493 e.